The zero-order chi connectivity index (χ0) is 13.8. The van der Waals surface area contributed by atoms with Crippen LogP contribution < -0.4 is 5.73 Å². The van der Waals surface area contributed by atoms with Crippen LogP contribution in [0.1, 0.15) is 46.0 Å². The Kier molecular flexibility index (Phi) is 5.14. The largest absolute Gasteiger partial charge is 0.481 e. The third-order valence-corrected chi connectivity index (χ3v) is 3.94. The highest BCUT2D eigenvalue weighted by molar-refractivity contribution is 5.80. The summed E-state index contributed by atoms with van der Waals surface area (Å²) in [6.07, 6.45) is 3.65. The van der Waals surface area contributed by atoms with Gasteiger partial charge in [0.2, 0.25) is 5.91 Å². The highest BCUT2D eigenvalue weighted by Crippen LogP contribution is 2.36. The number of amides is 1. The maximum atomic E-state index is 11.5. The summed E-state index contributed by atoms with van der Waals surface area (Å²) < 4.78 is 0. The molecule has 5 heteroatoms. The Morgan fingerprint density at radius 1 is 1.44 bits per heavy atom. The Morgan fingerprint density at radius 2 is 2.11 bits per heavy atom. The minimum absolute atomic E-state index is 0.333. The number of carbonyl (C=O) groups excluding carboxylic acids is 1. The summed E-state index contributed by atoms with van der Waals surface area (Å²) in [7, 11) is 0. The molecule has 5 nitrogen and oxygen atoms in total. The van der Waals surface area contributed by atoms with E-state index in [0.29, 0.717) is 25.8 Å². The summed E-state index contributed by atoms with van der Waals surface area (Å²) >= 11 is 0. The fourth-order valence-electron chi connectivity index (χ4n) is 3.04. The molecule has 1 amide bonds. The van der Waals surface area contributed by atoms with Crippen molar-refractivity contribution in [3.05, 3.63) is 0 Å². The molecule has 0 aromatic rings. The first kappa shape index (κ1) is 15.0. The molecule has 18 heavy (non-hydrogen) atoms. The molecule has 0 spiro atoms. The molecule has 0 bridgehead atoms. The van der Waals surface area contributed by atoms with E-state index in [0.717, 1.165) is 19.4 Å². The lowest BCUT2D eigenvalue weighted by Gasteiger charge is -2.42. The number of nitrogens with zero attached hydrogens (tertiary/aromatic N) is 1. The highest BCUT2D eigenvalue weighted by atomic mass is 16.4. The van der Waals surface area contributed by atoms with Crippen LogP contribution in [-0.2, 0) is 9.59 Å². The van der Waals surface area contributed by atoms with Gasteiger partial charge >= 0.3 is 5.97 Å². The zero-order valence-electron chi connectivity index (χ0n) is 11.3. The van der Waals surface area contributed by atoms with E-state index in [9.17, 15) is 14.7 Å². The molecular weight excluding hydrogens is 232 g/mol. The van der Waals surface area contributed by atoms with E-state index >= 15 is 0 Å². The van der Waals surface area contributed by atoms with Crippen LogP contribution in [0.2, 0.25) is 0 Å². The Bertz CT molecular complexity index is 315. The van der Waals surface area contributed by atoms with E-state index in [4.69, 9.17) is 5.73 Å². The quantitative estimate of drug-likeness (QED) is 0.748. The number of carboxylic acids is 1. The van der Waals surface area contributed by atoms with Gasteiger partial charge in [0.25, 0.3) is 0 Å². The van der Waals surface area contributed by atoms with Crippen LogP contribution in [-0.4, -0.2) is 41.0 Å². The lowest BCUT2D eigenvalue weighted by molar-refractivity contribution is -0.155. The Hall–Kier alpha value is -1.10. The van der Waals surface area contributed by atoms with Gasteiger partial charge in [-0.15, -0.1) is 0 Å². The number of rotatable bonds is 6. The third-order valence-electron chi connectivity index (χ3n) is 3.94. The van der Waals surface area contributed by atoms with Crippen LogP contribution in [0.15, 0.2) is 0 Å². The molecule has 1 saturated heterocycles. The van der Waals surface area contributed by atoms with Gasteiger partial charge in [-0.05, 0) is 32.2 Å². The molecule has 104 valence electrons. The van der Waals surface area contributed by atoms with Crippen LogP contribution in [0, 0.1) is 5.41 Å². The predicted octanol–water partition coefficient (Wildman–Crippen LogP) is 1.22. The number of piperidine rings is 1. The summed E-state index contributed by atoms with van der Waals surface area (Å²) in [6.45, 7) is 5.11. The van der Waals surface area contributed by atoms with Crippen LogP contribution >= 0.6 is 0 Å². The van der Waals surface area contributed by atoms with Gasteiger partial charge in [0.05, 0.1) is 11.5 Å². The van der Waals surface area contributed by atoms with Gasteiger partial charge in [0.1, 0.15) is 0 Å². The number of carboxylic acid groups (broad SMARTS) is 1. The monoisotopic (exact) mass is 256 g/mol. The lowest BCUT2D eigenvalue weighted by atomic mass is 9.76. The van der Waals surface area contributed by atoms with Crippen LogP contribution in [0.25, 0.3) is 0 Å². The van der Waals surface area contributed by atoms with Crippen molar-refractivity contribution in [2.24, 2.45) is 11.1 Å². The van der Waals surface area contributed by atoms with Crippen molar-refractivity contribution in [1.82, 2.24) is 4.90 Å². The van der Waals surface area contributed by atoms with Gasteiger partial charge < -0.3 is 10.8 Å². The topological polar surface area (TPSA) is 83.6 Å². The van der Waals surface area contributed by atoms with Gasteiger partial charge in [-0.2, -0.15) is 0 Å². The van der Waals surface area contributed by atoms with E-state index in [-0.39, 0.29) is 11.9 Å². The number of hydrogen-bond donors (Lipinski definition) is 2. The van der Waals surface area contributed by atoms with Crippen molar-refractivity contribution in [1.29, 1.82) is 0 Å². The number of hydrogen-bond acceptors (Lipinski definition) is 3. The molecule has 0 aromatic carbocycles. The molecule has 2 atom stereocenters. The van der Waals surface area contributed by atoms with E-state index in [1.165, 1.54) is 0 Å². The molecular formula is C13H24N2O3. The van der Waals surface area contributed by atoms with Crippen molar-refractivity contribution < 1.29 is 14.7 Å². The number of carbonyl (C=O) groups is 2. The van der Waals surface area contributed by atoms with Crippen molar-refractivity contribution in [2.45, 2.75) is 52.0 Å². The second-order valence-corrected chi connectivity index (χ2v) is 5.24. The maximum Gasteiger partial charge on any atom is 0.310 e. The minimum atomic E-state index is -0.742. The van der Waals surface area contributed by atoms with Crippen LogP contribution in [0.3, 0.4) is 0 Å². The van der Waals surface area contributed by atoms with Gasteiger partial charge in [-0.25, -0.2) is 0 Å². The van der Waals surface area contributed by atoms with Gasteiger partial charge in [-0.1, -0.05) is 20.3 Å². The minimum Gasteiger partial charge on any atom is -0.481 e. The molecule has 3 N–H and O–H groups in total. The summed E-state index contributed by atoms with van der Waals surface area (Å²) in [5.74, 6) is -1.09. The Morgan fingerprint density at radius 3 is 2.56 bits per heavy atom. The van der Waals surface area contributed by atoms with Crippen molar-refractivity contribution in [2.75, 3.05) is 13.1 Å². The molecule has 0 saturated carbocycles. The SMILES string of the molecule is CCCC1(C(=O)O)CCCN(C(CC)C(N)=O)C1. The smallest absolute Gasteiger partial charge is 0.310 e. The van der Waals surface area contributed by atoms with Gasteiger partial charge in [0.15, 0.2) is 0 Å². The molecule has 1 heterocycles. The third kappa shape index (κ3) is 3.02. The first-order valence-electron chi connectivity index (χ1n) is 6.73. The summed E-state index contributed by atoms with van der Waals surface area (Å²) in [4.78, 5) is 24.9. The van der Waals surface area contributed by atoms with Crippen molar-refractivity contribution >= 4 is 11.9 Å². The Labute approximate surface area is 108 Å². The molecule has 0 radical (unpaired) electrons. The molecule has 0 aromatic heterocycles. The lowest BCUT2D eigenvalue weighted by Crippen LogP contribution is -2.54. The number of likely N-dealkylation sites (tertiary alicyclic amines) is 1. The highest BCUT2D eigenvalue weighted by Gasteiger charge is 2.43. The Balaban J connectivity index is 2.86. The average molecular weight is 256 g/mol. The normalized spacial score (nSPS) is 26.8. The van der Waals surface area contributed by atoms with Gasteiger partial charge in [0, 0.05) is 6.54 Å². The summed E-state index contributed by atoms with van der Waals surface area (Å²) in [6, 6.07) is -0.333. The molecule has 1 rings (SSSR count). The second-order valence-electron chi connectivity index (χ2n) is 5.24. The fraction of sp³-hybridized carbons (Fsp3) is 0.846. The first-order chi connectivity index (χ1) is 8.46. The molecule has 1 aliphatic heterocycles. The number of primary amides is 1. The van der Waals surface area contributed by atoms with Crippen molar-refractivity contribution in [3.8, 4) is 0 Å². The molecule has 1 fully saturated rings. The van der Waals surface area contributed by atoms with E-state index in [2.05, 4.69) is 0 Å². The predicted molar refractivity (Wildman–Crippen MR) is 69.1 cm³/mol. The number of nitrogens with two attached hydrogens (primary N) is 1. The van der Waals surface area contributed by atoms with Crippen molar-refractivity contribution in [3.63, 3.8) is 0 Å². The van der Waals surface area contributed by atoms with Gasteiger partial charge in [-0.3, -0.25) is 14.5 Å². The average Bonchev–Trinajstić information content (AvgIpc) is 2.30. The van der Waals surface area contributed by atoms with Crippen LogP contribution in [0.4, 0.5) is 0 Å². The standard InChI is InChI=1S/C13H24N2O3/c1-3-6-13(12(17)18)7-5-8-15(9-13)10(4-2)11(14)16/h10H,3-9H2,1-2H3,(H2,14,16)(H,17,18). The fourth-order valence-corrected chi connectivity index (χ4v) is 3.04. The molecule has 0 aliphatic carbocycles. The first-order valence-corrected chi connectivity index (χ1v) is 6.73. The number of aliphatic carboxylic acids is 1. The van der Waals surface area contributed by atoms with Crippen LogP contribution in [0.5, 0.6) is 0 Å². The molecule has 1 aliphatic rings. The van der Waals surface area contributed by atoms with E-state index in [1.54, 1.807) is 0 Å². The second kappa shape index (κ2) is 6.18. The zero-order valence-corrected chi connectivity index (χ0v) is 11.3. The van der Waals surface area contributed by atoms with E-state index in [1.807, 2.05) is 18.7 Å². The summed E-state index contributed by atoms with van der Waals surface area (Å²) in [5, 5.41) is 9.49. The van der Waals surface area contributed by atoms with E-state index < -0.39 is 11.4 Å². The summed E-state index contributed by atoms with van der Waals surface area (Å²) in [5.41, 5.74) is 4.69. The maximum absolute atomic E-state index is 11.5. The molecule has 2 unspecified atom stereocenters.